The zero-order valence-corrected chi connectivity index (χ0v) is 13.2. The second-order valence-corrected chi connectivity index (χ2v) is 6.04. The van der Waals surface area contributed by atoms with Crippen molar-refractivity contribution >= 4 is 17.5 Å². The fourth-order valence-electron chi connectivity index (χ4n) is 1.55. The van der Waals surface area contributed by atoms with E-state index >= 15 is 0 Å². The maximum absolute atomic E-state index is 11.6. The third kappa shape index (κ3) is 5.03. The Kier molecular flexibility index (Phi) is 5.30. The summed E-state index contributed by atoms with van der Waals surface area (Å²) in [6, 6.07) is 1.92. The number of hydrogen-bond acceptors (Lipinski definition) is 5. The second kappa shape index (κ2) is 6.54. The summed E-state index contributed by atoms with van der Waals surface area (Å²) in [5.41, 5.74) is -0.149. The van der Waals surface area contributed by atoms with Crippen LogP contribution in [0.25, 0.3) is 0 Å². The minimum atomic E-state index is -0.149. The van der Waals surface area contributed by atoms with E-state index in [0.29, 0.717) is 5.82 Å². The normalized spacial score (nSPS) is 11.3. The van der Waals surface area contributed by atoms with Gasteiger partial charge >= 0.3 is 0 Å². The predicted octanol–water partition coefficient (Wildman–Crippen LogP) is 1.75. The quantitative estimate of drug-likeness (QED) is 0.765. The first kappa shape index (κ1) is 16.2. The molecular formula is C14H25N5O. The average molecular weight is 279 g/mol. The van der Waals surface area contributed by atoms with Crippen LogP contribution >= 0.6 is 0 Å². The topological polar surface area (TPSA) is 78.9 Å². The minimum absolute atomic E-state index is 0.0538. The summed E-state index contributed by atoms with van der Waals surface area (Å²) in [4.78, 5) is 20.5. The van der Waals surface area contributed by atoms with Gasteiger partial charge in [0.1, 0.15) is 17.5 Å². The summed E-state index contributed by atoms with van der Waals surface area (Å²) in [6.07, 6.45) is 0. The molecule has 1 heterocycles. The van der Waals surface area contributed by atoms with E-state index in [1.165, 1.54) is 0 Å². The Labute approximate surface area is 120 Å². The number of carbonyl (C=O) groups is 1. The summed E-state index contributed by atoms with van der Waals surface area (Å²) in [5, 5.41) is 8.87. The Morgan fingerprint density at radius 1 is 1.25 bits per heavy atom. The Hall–Kier alpha value is -1.85. The third-order valence-corrected chi connectivity index (χ3v) is 2.53. The number of aromatic nitrogens is 2. The van der Waals surface area contributed by atoms with Crippen molar-refractivity contribution in [2.75, 3.05) is 24.2 Å². The molecule has 3 N–H and O–H groups in total. The number of hydrogen-bond donors (Lipinski definition) is 3. The SMILES string of the molecule is CNc1cc(NCC(=O)NC(C)C)nc(C(C)(C)C)n1. The lowest BCUT2D eigenvalue weighted by molar-refractivity contribution is -0.119. The molecule has 0 saturated heterocycles. The molecule has 0 unspecified atom stereocenters. The van der Waals surface area contributed by atoms with Gasteiger partial charge in [0.15, 0.2) is 0 Å². The van der Waals surface area contributed by atoms with Crippen LogP contribution in [0.4, 0.5) is 11.6 Å². The maximum Gasteiger partial charge on any atom is 0.239 e. The molecule has 0 atom stereocenters. The van der Waals surface area contributed by atoms with Crippen LogP contribution in [0.3, 0.4) is 0 Å². The summed E-state index contributed by atoms with van der Waals surface area (Å²) in [6.45, 7) is 10.2. The fraction of sp³-hybridized carbons (Fsp3) is 0.643. The van der Waals surface area contributed by atoms with Gasteiger partial charge in [-0.25, -0.2) is 9.97 Å². The largest absolute Gasteiger partial charge is 0.373 e. The van der Waals surface area contributed by atoms with Crippen molar-refractivity contribution in [3.63, 3.8) is 0 Å². The van der Waals surface area contributed by atoms with Gasteiger partial charge in [0.25, 0.3) is 0 Å². The van der Waals surface area contributed by atoms with Gasteiger partial charge in [0.05, 0.1) is 6.54 Å². The third-order valence-electron chi connectivity index (χ3n) is 2.53. The van der Waals surface area contributed by atoms with Gasteiger partial charge in [0, 0.05) is 24.6 Å². The highest BCUT2D eigenvalue weighted by Crippen LogP contribution is 2.21. The summed E-state index contributed by atoms with van der Waals surface area (Å²) in [7, 11) is 1.81. The number of nitrogens with zero attached hydrogens (tertiary/aromatic N) is 2. The molecule has 0 spiro atoms. The van der Waals surface area contributed by atoms with E-state index in [4.69, 9.17) is 0 Å². The van der Waals surface area contributed by atoms with Crippen LogP contribution in [0.15, 0.2) is 6.07 Å². The Morgan fingerprint density at radius 2 is 1.85 bits per heavy atom. The molecule has 0 aliphatic heterocycles. The molecule has 1 aromatic heterocycles. The molecule has 6 heteroatoms. The van der Waals surface area contributed by atoms with E-state index in [2.05, 4.69) is 46.7 Å². The molecule has 0 fully saturated rings. The molecule has 1 rings (SSSR count). The standard InChI is InChI=1S/C14H25N5O/c1-9(2)17-12(20)8-16-11-7-10(15-6)18-13(19-11)14(3,4)5/h7,9H,8H2,1-6H3,(H,17,20)(H2,15,16,18,19). The Balaban J connectivity index is 2.82. The lowest BCUT2D eigenvalue weighted by Gasteiger charge is -2.19. The highest BCUT2D eigenvalue weighted by Gasteiger charge is 2.19. The molecule has 0 aliphatic rings. The molecular weight excluding hydrogens is 254 g/mol. The first-order chi connectivity index (χ1) is 9.22. The lowest BCUT2D eigenvalue weighted by Crippen LogP contribution is -2.35. The van der Waals surface area contributed by atoms with Gasteiger partial charge in [-0.05, 0) is 13.8 Å². The lowest BCUT2D eigenvalue weighted by atomic mass is 9.96. The smallest absolute Gasteiger partial charge is 0.239 e. The second-order valence-electron chi connectivity index (χ2n) is 6.04. The fourth-order valence-corrected chi connectivity index (χ4v) is 1.55. The molecule has 6 nitrogen and oxygen atoms in total. The number of amides is 1. The van der Waals surface area contributed by atoms with Gasteiger partial charge in [-0.3, -0.25) is 4.79 Å². The number of carbonyl (C=O) groups excluding carboxylic acids is 1. The van der Waals surface area contributed by atoms with Crippen molar-refractivity contribution in [1.82, 2.24) is 15.3 Å². The summed E-state index contributed by atoms with van der Waals surface area (Å²) in [5.74, 6) is 2.06. The van der Waals surface area contributed by atoms with Gasteiger partial charge in [-0.15, -0.1) is 0 Å². The van der Waals surface area contributed by atoms with Gasteiger partial charge in [-0.1, -0.05) is 20.8 Å². The van der Waals surface area contributed by atoms with E-state index in [-0.39, 0.29) is 23.9 Å². The van der Waals surface area contributed by atoms with Crippen LogP contribution < -0.4 is 16.0 Å². The van der Waals surface area contributed by atoms with Gasteiger partial charge in [0.2, 0.25) is 5.91 Å². The van der Waals surface area contributed by atoms with E-state index < -0.39 is 0 Å². The zero-order valence-electron chi connectivity index (χ0n) is 13.2. The maximum atomic E-state index is 11.6. The van der Waals surface area contributed by atoms with Crippen LogP contribution in [-0.4, -0.2) is 35.5 Å². The van der Waals surface area contributed by atoms with Crippen LogP contribution in [0, 0.1) is 0 Å². The number of anilines is 2. The molecule has 0 aliphatic carbocycles. The van der Waals surface area contributed by atoms with Crippen molar-refractivity contribution < 1.29 is 4.79 Å². The molecule has 0 bridgehead atoms. The Morgan fingerprint density at radius 3 is 2.35 bits per heavy atom. The van der Waals surface area contributed by atoms with Crippen molar-refractivity contribution in [3.8, 4) is 0 Å². The Bertz CT molecular complexity index is 465. The highest BCUT2D eigenvalue weighted by molar-refractivity contribution is 5.80. The number of rotatable bonds is 5. The van der Waals surface area contributed by atoms with Crippen LogP contribution in [-0.2, 0) is 10.2 Å². The summed E-state index contributed by atoms with van der Waals surface area (Å²) < 4.78 is 0. The number of nitrogens with one attached hydrogen (secondary N) is 3. The van der Waals surface area contributed by atoms with Crippen molar-refractivity contribution in [1.29, 1.82) is 0 Å². The zero-order chi connectivity index (χ0) is 15.3. The van der Waals surface area contributed by atoms with Crippen LogP contribution in [0.2, 0.25) is 0 Å². The van der Waals surface area contributed by atoms with Gasteiger partial charge in [-0.2, -0.15) is 0 Å². The molecule has 0 saturated carbocycles. The minimum Gasteiger partial charge on any atom is -0.373 e. The molecule has 1 aromatic rings. The molecule has 0 aromatic carbocycles. The molecule has 0 radical (unpaired) electrons. The summed E-state index contributed by atoms with van der Waals surface area (Å²) >= 11 is 0. The highest BCUT2D eigenvalue weighted by atomic mass is 16.1. The predicted molar refractivity (Wildman–Crippen MR) is 82.0 cm³/mol. The van der Waals surface area contributed by atoms with Crippen molar-refractivity contribution in [3.05, 3.63) is 11.9 Å². The van der Waals surface area contributed by atoms with Gasteiger partial charge < -0.3 is 16.0 Å². The average Bonchev–Trinajstić information content (AvgIpc) is 2.34. The molecule has 1 amide bonds. The van der Waals surface area contributed by atoms with E-state index in [9.17, 15) is 4.79 Å². The van der Waals surface area contributed by atoms with E-state index in [1.54, 1.807) is 6.07 Å². The first-order valence-electron chi connectivity index (χ1n) is 6.83. The van der Waals surface area contributed by atoms with Crippen LogP contribution in [0.5, 0.6) is 0 Å². The molecule has 20 heavy (non-hydrogen) atoms. The first-order valence-corrected chi connectivity index (χ1v) is 6.83. The van der Waals surface area contributed by atoms with Crippen molar-refractivity contribution in [2.45, 2.75) is 46.1 Å². The van der Waals surface area contributed by atoms with Crippen molar-refractivity contribution in [2.24, 2.45) is 0 Å². The molecule has 112 valence electrons. The monoisotopic (exact) mass is 279 g/mol. The van der Waals surface area contributed by atoms with Crippen LogP contribution in [0.1, 0.15) is 40.4 Å². The van der Waals surface area contributed by atoms with E-state index in [0.717, 1.165) is 11.6 Å². The van der Waals surface area contributed by atoms with E-state index in [1.807, 2.05) is 20.9 Å².